The van der Waals surface area contributed by atoms with Crippen molar-refractivity contribution in [1.29, 1.82) is 0 Å². The minimum Gasteiger partial charge on any atom is -0.322 e. The molecule has 3 rings (SSSR count). The number of hydrogen-bond acceptors (Lipinski definition) is 5. The molecule has 0 bridgehead atoms. The monoisotopic (exact) mass is 343 g/mol. The van der Waals surface area contributed by atoms with E-state index >= 15 is 0 Å². The van der Waals surface area contributed by atoms with Crippen molar-refractivity contribution < 1.29 is 22.8 Å². The normalized spacial score (nSPS) is 36.3. The van der Waals surface area contributed by atoms with E-state index < -0.39 is 39.1 Å². The molecule has 0 unspecified atom stereocenters. The first kappa shape index (κ1) is 16.2. The van der Waals surface area contributed by atoms with Crippen LogP contribution in [-0.2, 0) is 19.4 Å². The van der Waals surface area contributed by atoms with Crippen LogP contribution in [0.1, 0.15) is 39.0 Å². The molecule has 1 aliphatic carbocycles. The largest absolute Gasteiger partial charge is 0.344 e. The zero-order valence-electron chi connectivity index (χ0n) is 13.0. The molecule has 2 saturated heterocycles. The highest BCUT2D eigenvalue weighted by molar-refractivity contribution is 7.91. The van der Waals surface area contributed by atoms with Gasteiger partial charge in [-0.05, 0) is 38.0 Å². The second-order valence-corrected chi connectivity index (χ2v) is 9.14. The predicted molar refractivity (Wildman–Crippen MR) is 80.6 cm³/mol. The molecule has 3 fully saturated rings. The van der Waals surface area contributed by atoms with E-state index in [0.717, 1.165) is 17.9 Å². The zero-order valence-corrected chi connectivity index (χ0v) is 13.8. The lowest BCUT2D eigenvalue weighted by Gasteiger charge is -2.33. The SMILES string of the molecule is CC1CCC2(CC1)NC(=O)N(NC(=O)[C@@H]1CCS(=O)(=O)C1)C2=O. The Hall–Kier alpha value is -1.64. The molecule has 0 aromatic carbocycles. The number of hydrogen-bond donors (Lipinski definition) is 2. The first-order valence-corrected chi connectivity index (χ1v) is 9.72. The molecule has 2 aliphatic heterocycles. The number of imide groups is 1. The fraction of sp³-hybridized carbons (Fsp3) is 0.786. The van der Waals surface area contributed by atoms with Crippen molar-refractivity contribution in [1.82, 2.24) is 15.8 Å². The van der Waals surface area contributed by atoms with Gasteiger partial charge in [-0.1, -0.05) is 6.92 Å². The molecule has 8 nitrogen and oxygen atoms in total. The fourth-order valence-corrected chi connectivity index (χ4v) is 5.26. The third-order valence-electron chi connectivity index (χ3n) is 5.11. The Morgan fingerprint density at radius 3 is 2.48 bits per heavy atom. The van der Waals surface area contributed by atoms with Crippen molar-refractivity contribution in [2.24, 2.45) is 11.8 Å². The second kappa shape index (κ2) is 5.47. The van der Waals surface area contributed by atoms with E-state index in [1.807, 2.05) is 0 Å². The first-order valence-electron chi connectivity index (χ1n) is 7.90. The minimum atomic E-state index is -3.20. The van der Waals surface area contributed by atoms with Crippen LogP contribution in [0.4, 0.5) is 4.79 Å². The summed E-state index contributed by atoms with van der Waals surface area (Å²) in [6.07, 6.45) is 3.02. The van der Waals surface area contributed by atoms with Gasteiger partial charge in [0.25, 0.3) is 5.91 Å². The lowest BCUT2D eigenvalue weighted by atomic mass is 9.77. The fourth-order valence-electron chi connectivity index (χ4n) is 3.52. The number of amides is 4. The highest BCUT2D eigenvalue weighted by Gasteiger charge is 2.53. The summed E-state index contributed by atoms with van der Waals surface area (Å²) in [5, 5.41) is 3.43. The van der Waals surface area contributed by atoms with Crippen LogP contribution < -0.4 is 10.7 Å². The summed E-state index contributed by atoms with van der Waals surface area (Å²) in [5.74, 6) is -1.49. The van der Waals surface area contributed by atoms with E-state index in [2.05, 4.69) is 17.7 Å². The Morgan fingerprint density at radius 2 is 1.91 bits per heavy atom. The molecule has 3 aliphatic rings. The number of nitrogens with one attached hydrogen (secondary N) is 2. The molecule has 0 radical (unpaired) electrons. The van der Waals surface area contributed by atoms with Crippen LogP contribution in [0.25, 0.3) is 0 Å². The number of hydrazine groups is 1. The molecule has 128 valence electrons. The Labute approximate surface area is 134 Å². The Balaban J connectivity index is 1.68. The second-order valence-electron chi connectivity index (χ2n) is 6.91. The molecule has 1 saturated carbocycles. The maximum absolute atomic E-state index is 12.6. The number of carbonyl (C=O) groups excluding carboxylic acids is 3. The summed E-state index contributed by atoms with van der Waals surface area (Å²) >= 11 is 0. The first-order chi connectivity index (χ1) is 10.7. The van der Waals surface area contributed by atoms with Crippen molar-refractivity contribution in [2.75, 3.05) is 11.5 Å². The number of rotatable bonds is 2. The lowest BCUT2D eigenvalue weighted by molar-refractivity contribution is -0.141. The van der Waals surface area contributed by atoms with Crippen molar-refractivity contribution in [3.63, 3.8) is 0 Å². The zero-order chi connectivity index (χ0) is 16.8. The molecular formula is C14H21N3O5S. The number of sulfone groups is 1. The van der Waals surface area contributed by atoms with Gasteiger partial charge in [-0.25, -0.2) is 13.2 Å². The van der Waals surface area contributed by atoms with Gasteiger partial charge in [-0.2, -0.15) is 5.01 Å². The smallest absolute Gasteiger partial charge is 0.322 e. The summed E-state index contributed by atoms with van der Waals surface area (Å²) in [6.45, 7) is 2.11. The van der Waals surface area contributed by atoms with Crippen LogP contribution in [0, 0.1) is 11.8 Å². The third kappa shape index (κ3) is 2.93. The van der Waals surface area contributed by atoms with Crippen LogP contribution in [0.15, 0.2) is 0 Å². The van der Waals surface area contributed by atoms with E-state index in [1.165, 1.54) is 0 Å². The molecule has 4 amide bonds. The van der Waals surface area contributed by atoms with E-state index in [0.29, 0.717) is 18.8 Å². The van der Waals surface area contributed by atoms with E-state index in [-0.39, 0.29) is 17.9 Å². The van der Waals surface area contributed by atoms with Gasteiger partial charge in [0, 0.05) is 0 Å². The van der Waals surface area contributed by atoms with E-state index in [4.69, 9.17) is 0 Å². The maximum atomic E-state index is 12.6. The van der Waals surface area contributed by atoms with Gasteiger partial charge in [-0.15, -0.1) is 0 Å². The maximum Gasteiger partial charge on any atom is 0.344 e. The van der Waals surface area contributed by atoms with Crippen molar-refractivity contribution in [3.8, 4) is 0 Å². The summed E-state index contributed by atoms with van der Waals surface area (Å²) in [4.78, 5) is 36.8. The van der Waals surface area contributed by atoms with E-state index in [1.54, 1.807) is 0 Å². The van der Waals surface area contributed by atoms with Crippen LogP contribution in [0.5, 0.6) is 0 Å². The lowest BCUT2D eigenvalue weighted by Crippen LogP contribution is -2.52. The third-order valence-corrected chi connectivity index (χ3v) is 6.88. The molecule has 9 heteroatoms. The van der Waals surface area contributed by atoms with Gasteiger partial charge in [-0.3, -0.25) is 15.0 Å². The van der Waals surface area contributed by atoms with Gasteiger partial charge in [0.15, 0.2) is 9.84 Å². The highest BCUT2D eigenvalue weighted by Crippen LogP contribution is 2.35. The Kier molecular flexibility index (Phi) is 3.86. The van der Waals surface area contributed by atoms with Crippen LogP contribution in [0.2, 0.25) is 0 Å². The Bertz CT molecular complexity index is 651. The quantitative estimate of drug-likeness (QED) is 0.683. The Morgan fingerprint density at radius 1 is 1.26 bits per heavy atom. The van der Waals surface area contributed by atoms with Crippen LogP contribution in [-0.4, -0.2) is 48.3 Å². The molecule has 2 N–H and O–H groups in total. The molecule has 1 atom stereocenters. The topological polar surface area (TPSA) is 113 Å². The van der Waals surface area contributed by atoms with Crippen LogP contribution in [0.3, 0.4) is 0 Å². The number of nitrogens with zero attached hydrogens (tertiary/aromatic N) is 1. The summed E-state index contributed by atoms with van der Waals surface area (Å²) in [7, 11) is -3.20. The molecule has 23 heavy (non-hydrogen) atoms. The molecular weight excluding hydrogens is 322 g/mol. The van der Waals surface area contributed by atoms with Gasteiger partial charge in [0.05, 0.1) is 17.4 Å². The molecule has 2 heterocycles. The van der Waals surface area contributed by atoms with Gasteiger partial charge < -0.3 is 5.32 Å². The van der Waals surface area contributed by atoms with Crippen molar-refractivity contribution >= 4 is 27.7 Å². The van der Waals surface area contributed by atoms with Gasteiger partial charge in [0.2, 0.25) is 5.91 Å². The number of urea groups is 1. The average Bonchev–Trinajstić information content (AvgIpc) is 2.95. The van der Waals surface area contributed by atoms with Gasteiger partial charge >= 0.3 is 6.03 Å². The molecule has 0 aromatic rings. The number of carbonyl (C=O) groups is 3. The summed E-state index contributed by atoms with van der Waals surface area (Å²) < 4.78 is 22.9. The van der Waals surface area contributed by atoms with Crippen LogP contribution >= 0.6 is 0 Å². The summed E-state index contributed by atoms with van der Waals surface area (Å²) in [6, 6.07) is -0.640. The van der Waals surface area contributed by atoms with Crippen molar-refractivity contribution in [3.05, 3.63) is 0 Å². The predicted octanol–water partition coefficient (Wildman–Crippen LogP) is -0.0470. The molecule has 1 spiro atoms. The van der Waals surface area contributed by atoms with E-state index in [9.17, 15) is 22.8 Å². The minimum absolute atomic E-state index is 0.0347. The van der Waals surface area contributed by atoms with Gasteiger partial charge in [0.1, 0.15) is 5.54 Å². The standard InChI is InChI=1S/C14H21N3O5S/c1-9-2-5-14(6-3-9)12(19)17(13(20)15-14)16-11(18)10-4-7-23(21,22)8-10/h9-10H,2-8H2,1H3,(H,15,20)(H,16,18)/t9?,10-,14?/m1/s1. The summed E-state index contributed by atoms with van der Waals surface area (Å²) in [5.41, 5.74) is 1.39. The van der Waals surface area contributed by atoms with Crippen molar-refractivity contribution in [2.45, 2.75) is 44.6 Å². The average molecular weight is 343 g/mol. The molecule has 0 aromatic heterocycles. The highest BCUT2D eigenvalue weighted by atomic mass is 32.2.